The number of nitrogens with zero attached hydrogens (tertiary/aromatic N) is 5. The zero-order valence-corrected chi connectivity index (χ0v) is 16.2. The Morgan fingerprint density at radius 1 is 1.11 bits per heavy atom. The van der Waals surface area contributed by atoms with Crippen molar-refractivity contribution in [2.75, 3.05) is 13.1 Å². The Labute approximate surface area is 163 Å². The first-order chi connectivity index (χ1) is 13.0. The molecule has 3 heterocycles. The summed E-state index contributed by atoms with van der Waals surface area (Å²) >= 11 is 6.38. The summed E-state index contributed by atoms with van der Waals surface area (Å²) in [4.78, 5) is 19.0. The molecule has 2 aromatic heterocycles. The van der Waals surface area contributed by atoms with Crippen molar-refractivity contribution in [3.05, 3.63) is 65.0 Å². The lowest BCUT2D eigenvalue weighted by Gasteiger charge is -2.32. The number of carbonyl (C=O) groups excluding carboxylic acids is 1. The second kappa shape index (κ2) is 7.19. The van der Waals surface area contributed by atoms with E-state index in [1.807, 2.05) is 27.8 Å². The van der Waals surface area contributed by atoms with Crippen LogP contribution in [0.3, 0.4) is 0 Å². The molecule has 1 aliphatic rings. The molecule has 0 bridgehead atoms. The van der Waals surface area contributed by atoms with E-state index in [4.69, 9.17) is 11.6 Å². The highest BCUT2D eigenvalue weighted by molar-refractivity contribution is 6.33. The zero-order chi connectivity index (χ0) is 19.0. The standard InChI is InChI=1S/C20H22ClN5O/c1-14-3-4-15(2)26(14)17-5-6-19(21)18(11-17)20(27)24-9-7-16(8-10-24)25-13-22-12-23-25/h3-6,11-13,16H,7-10H2,1-2H3. The SMILES string of the molecule is Cc1ccc(C)n1-c1ccc(Cl)c(C(=O)N2CCC(n3cncn3)CC2)c1. The summed E-state index contributed by atoms with van der Waals surface area (Å²) in [6.45, 7) is 5.48. The Bertz CT molecular complexity index is 935. The summed E-state index contributed by atoms with van der Waals surface area (Å²) in [5, 5.41) is 4.71. The molecule has 0 radical (unpaired) electrons. The summed E-state index contributed by atoms with van der Waals surface area (Å²) < 4.78 is 4.01. The monoisotopic (exact) mass is 383 g/mol. The second-order valence-electron chi connectivity index (χ2n) is 7.01. The molecule has 27 heavy (non-hydrogen) atoms. The summed E-state index contributed by atoms with van der Waals surface area (Å²) in [6, 6.07) is 10.1. The molecular weight excluding hydrogens is 362 g/mol. The normalized spacial score (nSPS) is 15.3. The van der Waals surface area contributed by atoms with Crippen LogP contribution in [0.5, 0.6) is 0 Å². The number of piperidine rings is 1. The third-order valence-corrected chi connectivity index (χ3v) is 5.60. The predicted octanol–water partition coefficient (Wildman–Crippen LogP) is 3.82. The largest absolute Gasteiger partial charge is 0.338 e. The van der Waals surface area contributed by atoms with Crippen LogP contribution in [0.25, 0.3) is 5.69 Å². The van der Waals surface area contributed by atoms with Crippen LogP contribution in [-0.2, 0) is 0 Å². The minimum absolute atomic E-state index is 0.0126. The third-order valence-electron chi connectivity index (χ3n) is 5.27. The van der Waals surface area contributed by atoms with Gasteiger partial charge in [0.1, 0.15) is 12.7 Å². The number of hydrogen-bond acceptors (Lipinski definition) is 3. The van der Waals surface area contributed by atoms with E-state index in [-0.39, 0.29) is 5.91 Å². The second-order valence-corrected chi connectivity index (χ2v) is 7.42. The van der Waals surface area contributed by atoms with E-state index in [2.05, 4.69) is 40.6 Å². The maximum Gasteiger partial charge on any atom is 0.255 e. The maximum atomic E-state index is 13.1. The Kier molecular flexibility index (Phi) is 4.74. The molecule has 1 fully saturated rings. The van der Waals surface area contributed by atoms with Crippen molar-refractivity contribution in [3.63, 3.8) is 0 Å². The van der Waals surface area contributed by atoms with Gasteiger partial charge in [0, 0.05) is 30.2 Å². The predicted molar refractivity (Wildman–Crippen MR) is 104 cm³/mol. The molecule has 1 aromatic carbocycles. The number of aromatic nitrogens is 4. The van der Waals surface area contributed by atoms with Gasteiger partial charge in [-0.05, 0) is 57.0 Å². The van der Waals surface area contributed by atoms with Crippen LogP contribution in [0.1, 0.15) is 40.6 Å². The third kappa shape index (κ3) is 3.37. The quantitative estimate of drug-likeness (QED) is 0.690. The number of rotatable bonds is 3. The molecule has 6 nitrogen and oxygen atoms in total. The van der Waals surface area contributed by atoms with E-state index in [1.165, 1.54) is 0 Å². The van der Waals surface area contributed by atoms with Crippen LogP contribution >= 0.6 is 11.6 Å². The van der Waals surface area contributed by atoms with Gasteiger partial charge in [-0.25, -0.2) is 9.67 Å². The highest BCUT2D eigenvalue weighted by Gasteiger charge is 2.26. The first-order valence-corrected chi connectivity index (χ1v) is 9.50. The fourth-order valence-electron chi connectivity index (χ4n) is 3.80. The number of aryl methyl sites for hydroxylation is 2. The lowest BCUT2D eigenvalue weighted by atomic mass is 10.0. The van der Waals surface area contributed by atoms with Gasteiger partial charge in [0.25, 0.3) is 5.91 Å². The molecule has 0 unspecified atom stereocenters. The molecule has 1 aliphatic heterocycles. The lowest BCUT2D eigenvalue weighted by Crippen LogP contribution is -2.39. The molecule has 1 amide bonds. The minimum Gasteiger partial charge on any atom is -0.338 e. The highest BCUT2D eigenvalue weighted by atomic mass is 35.5. The van der Waals surface area contributed by atoms with Crippen molar-refractivity contribution in [2.45, 2.75) is 32.7 Å². The number of amides is 1. The number of benzene rings is 1. The topological polar surface area (TPSA) is 56.0 Å². The maximum absolute atomic E-state index is 13.1. The lowest BCUT2D eigenvalue weighted by molar-refractivity contribution is 0.0690. The van der Waals surface area contributed by atoms with Crippen LogP contribution in [0.15, 0.2) is 43.0 Å². The fraction of sp³-hybridized carbons (Fsp3) is 0.350. The molecule has 1 saturated heterocycles. The molecule has 3 aromatic rings. The average Bonchev–Trinajstić information content (AvgIpc) is 3.32. The van der Waals surface area contributed by atoms with Crippen molar-refractivity contribution < 1.29 is 4.79 Å². The van der Waals surface area contributed by atoms with Crippen molar-refractivity contribution in [2.24, 2.45) is 0 Å². The van der Waals surface area contributed by atoms with E-state index < -0.39 is 0 Å². The van der Waals surface area contributed by atoms with Gasteiger partial charge < -0.3 is 9.47 Å². The molecule has 0 saturated carbocycles. The molecular formula is C20H22ClN5O. The molecule has 0 N–H and O–H groups in total. The Morgan fingerprint density at radius 2 is 1.81 bits per heavy atom. The smallest absolute Gasteiger partial charge is 0.255 e. The van der Waals surface area contributed by atoms with E-state index >= 15 is 0 Å². The van der Waals surface area contributed by atoms with Crippen molar-refractivity contribution >= 4 is 17.5 Å². The molecule has 0 spiro atoms. The average molecular weight is 384 g/mol. The molecule has 7 heteroatoms. The van der Waals surface area contributed by atoms with Crippen LogP contribution in [0.2, 0.25) is 5.02 Å². The van der Waals surface area contributed by atoms with E-state index in [0.717, 1.165) is 29.9 Å². The van der Waals surface area contributed by atoms with Gasteiger partial charge in [0.05, 0.1) is 16.6 Å². The first kappa shape index (κ1) is 17.8. The fourth-order valence-corrected chi connectivity index (χ4v) is 4.00. The molecule has 0 atom stereocenters. The Hall–Kier alpha value is -2.60. The van der Waals surface area contributed by atoms with Crippen molar-refractivity contribution in [1.82, 2.24) is 24.2 Å². The zero-order valence-electron chi connectivity index (χ0n) is 15.5. The molecule has 0 aliphatic carbocycles. The van der Waals surface area contributed by atoms with Gasteiger partial charge >= 0.3 is 0 Å². The summed E-state index contributed by atoms with van der Waals surface area (Å²) in [6.07, 6.45) is 5.02. The van der Waals surface area contributed by atoms with Gasteiger partial charge in [-0.15, -0.1) is 0 Å². The van der Waals surface area contributed by atoms with Crippen LogP contribution in [0.4, 0.5) is 0 Å². The van der Waals surface area contributed by atoms with E-state index in [9.17, 15) is 4.79 Å². The highest BCUT2D eigenvalue weighted by Crippen LogP contribution is 2.27. The summed E-state index contributed by atoms with van der Waals surface area (Å²) in [5.74, 6) is -0.0126. The van der Waals surface area contributed by atoms with Crippen LogP contribution < -0.4 is 0 Å². The number of hydrogen-bond donors (Lipinski definition) is 0. The van der Waals surface area contributed by atoms with E-state index in [1.54, 1.807) is 12.7 Å². The molecule has 140 valence electrons. The number of likely N-dealkylation sites (tertiary alicyclic amines) is 1. The van der Waals surface area contributed by atoms with Gasteiger partial charge in [-0.1, -0.05) is 11.6 Å². The first-order valence-electron chi connectivity index (χ1n) is 9.13. The van der Waals surface area contributed by atoms with Crippen molar-refractivity contribution in [3.8, 4) is 5.69 Å². The summed E-state index contributed by atoms with van der Waals surface area (Å²) in [5.41, 5.74) is 3.77. The van der Waals surface area contributed by atoms with Crippen molar-refractivity contribution in [1.29, 1.82) is 0 Å². The number of halogens is 1. The Morgan fingerprint density at radius 3 is 2.44 bits per heavy atom. The van der Waals surface area contributed by atoms with Crippen LogP contribution in [0, 0.1) is 13.8 Å². The van der Waals surface area contributed by atoms with Gasteiger partial charge in [0.15, 0.2) is 0 Å². The van der Waals surface area contributed by atoms with Gasteiger partial charge in [0.2, 0.25) is 0 Å². The number of carbonyl (C=O) groups is 1. The minimum atomic E-state index is -0.0126. The Balaban J connectivity index is 1.55. The van der Waals surface area contributed by atoms with Gasteiger partial charge in [-0.2, -0.15) is 5.10 Å². The molecule has 4 rings (SSSR count). The van der Waals surface area contributed by atoms with Gasteiger partial charge in [-0.3, -0.25) is 4.79 Å². The summed E-state index contributed by atoms with van der Waals surface area (Å²) in [7, 11) is 0. The van der Waals surface area contributed by atoms with E-state index in [0.29, 0.717) is 29.7 Å². The van der Waals surface area contributed by atoms with Crippen LogP contribution in [-0.4, -0.2) is 43.2 Å².